The van der Waals surface area contributed by atoms with Gasteiger partial charge in [0, 0.05) is 5.56 Å². The van der Waals surface area contributed by atoms with Gasteiger partial charge >= 0.3 is 0 Å². The topological polar surface area (TPSA) is 38.8 Å². The van der Waals surface area contributed by atoms with Crippen molar-refractivity contribution in [2.24, 2.45) is 0 Å². The molecule has 0 bridgehead atoms. The predicted octanol–water partition coefficient (Wildman–Crippen LogP) is 4.25. The maximum absolute atomic E-state index is 14.0. The molecule has 7 heteroatoms. The molecule has 0 radical (unpaired) electrons. The molecule has 3 rings (SSSR count). The summed E-state index contributed by atoms with van der Waals surface area (Å²) in [5.41, 5.74) is 0.821. The van der Waals surface area contributed by atoms with Crippen molar-refractivity contribution in [1.82, 2.24) is 0 Å². The zero-order valence-corrected chi connectivity index (χ0v) is 15.1. The van der Waals surface area contributed by atoms with Crippen molar-refractivity contribution >= 4 is 46.0 Å². The molecule has 2 aromatic rings. The van der Waals surface area contributed by atoms with Crippen LogP contribution < -0.4 is 14.4 Å². The van der Waals surface area contributed by atoms with E-state index >= 15 is 0 Å². The minimum atomic E-state index is -0.501. The van der Waals surface area contributed by atoms with E-state index in [4.69, 9.17) is 21.7 Å². The zero-order chi connectivity index (χ0) is 18.0. The van der Waals surface area contributed by atoms with Crippen molar-refractivity contribution in [3.63, 3.8) is 0 Å². The molecule has 25 heavy (non-hydrogen) atoms. The second-order valence-electron chi connectivity index (χ2n) is 5.08. The maximum atomic E-state index is 14.0. The average molecular weight is 375 g/mol. The fraction of sp³-hybridized carbons (Fsp3) is 0.111. The molecule has 1 saturated heterocycles. The van der Waals surface area contributed by atoms with Crippen LogP contribution in [0.1, 0.15) is 5.56 Å². The van der Waals surface area contributed by atoms with Crippen LogP contribution in [0.2, 0.25) is 0 Å². The summed E-state index contributed by atoms with van der Waals surface area (Å²) in [6.07, 6.45) is 1.67. The smallest absolute Gasteiger partial charge is 0.270 e. The largest absolute Gasteiger partial charge is 0.497 e. The summed E-state index contributed by atoms with van der Waals surface area (Å²) >= 11 is 6.39. The molecule has 0 N–H and O–H groups in total. The molecule has 1 amide bonds. The van der Waals surface area contributed by atoms with E-state index in [0.29, 0.717) is 22.0 Å². The monoisotopic (exact) mass is 375 g/mol. The van der Waals surface area contributed by atoms with E-state index in [1.54, 1.807) is 50.6 Å². The molecule has 0 aliphatic carbocycles. The first-order valence-electron chi connectivity index (χ1n) is 7.29. The fourth-order valence-electron chi connectivity index (χ4n) is 2.40. The molecule has 1 fully saturated rings. The number of anilines is 1. The third-order valence-corrected chi connectivity index (χ3v) is 4.91. The van der Waals surface area contributed by atoms with Crippen LogP contribution in [0.3, 0.4) is 0 Å². The van der Waals surface area contributed by atoms with Crippen molar-refractivity contribution in [1.29, 1.82) is 0 Å². The van der Waals surface area contributed by atoms with Crippen molar-refractivity contribution < 1.29 is 18.7 Å². The molecule has 4 nitrogen and oxygen atoms in total. The highest BCUT2D eigenvalue weighted by Crippen LogP contribution is 2.38. The second kappa shape index (κ2) is 7.25. The molecular formula is C18H14FNO3S2. The Balaban J connectivity index is 2.00. The molecule has 0 atom stereocenters. The Morgan fingerprint density at radius 1 is 1.16 bits per heavy atom. The Morgan fingerprint density at radius 3 is 2.60 bits per heavy atom. The van der Waals surface area contributed by atoms with Crippen molar-refractivity contribution in [3.8, 4) is 11.5 Å². The van der Waals surface area contributed by atoms with E-state index in [0.717, 1.165) is 11.8 Å². The molecular weight excluding hydrogens is 361 g/mol. The van der Waals surface area contributed by atoms with Gasteiger partial charge < -0.3 is 9.47 Å². The number of hydrogen-bond donors (Lipinski definition) is 0. The van der Waals surface area contributed by atoms with Gasteiger partial charge in [-0.25, -0.2) is 4.39 Å². The molecule has 0 spiro atoms. The Hall–Kier alpha value is -2.38. The highest BCUT2D eigenvalue weighted by atomic mass is 32.2. The lowest BCUT2D eigenvalue weighted by atomic mass is 10.1. The van der Waals surface area contributed by atoms with Crippen LogP contribution >= 0.6 is 24.0 Å². The van der Waals surface area contributed by atoms with Crippen LogP contribution in [0, 0.1) is 5.82 Å². The number of benzene rings is 2. The average Bonchev–Trinajstić information content (AvgIpc) is 2.89. The summed E-state index contributed by atoms with van der Waals surface area (Å²) < 4.78 is 24.9. The number of carbonyl (C=O) groups excluding carboxylic acids is 1. The molecule has 2 aromatic carbocycles. The van der Waals surface area contributed by atoms with Gasteiger partial charge in [-0.3, -0.25) is 9.69 Å². The number of methoxy groups -OCH3 is 2. The van der Waals surface area contributed by atoms with Crippen LogP contribution in [0.5, 0.6) is 11.5 Å². The van der Waals surface area contributed by atoms with Crippen LogP contribution in [-0.4, -0.2) is 24.4 Å². The summed E-state index contributed by atoms with van der Waals surface area (Å²) in [7, 11) is 3.10. The van der Waals surface area contributed by atoms with Gasteiger partial charge in [0.05, 0.1) is 24.8 Å². The molecule has 128 valence electrons. The Labute approximate surface area is 154 Å². The number of thiocarbonyl (C=S) groups is 1. The predicted molar refractivity (Wildman–Crippen MR) is 102 cm³/mol. The molecule has 1 heterocycles. The SMILES string of the molecule is COc1ccc(OC)c(/C=C2\SC(=S)N(c3ccccc3F)C2=O)c1. The molecule has 0 aromatic heterocycles. The lowest BCUT2D eigenvalue weighted by molar-refractivity contribution is -0.113. The number of rotatable bonds is 4. The van der Waals surface area contributed by atoms with Gasteiger partial charge in [0.2, 0.25) is 0 Å². The van der Waals surface area contributed by atoms with Crippen molar-refractivity contribution in [3.05, 3.63) is 58.8 Å². The number of thioether (sulfide) groups is 1. The second-order valence-corrected chi connectivity index (χ2v) is 6.75. The quantitative estimate of drug-likeness (QED) is 0.590. The molecule has 0 saturated carbocycles. The minimum absolute atomic E-state index is 0.144. The molecule has 0 unspecified atom stereocenters. The number of hydrogen-bond acceptors (Lipinski definition) is 5. The van der Waals surface area contributed by atoms with Gasteiger partial charge in [0.15, 0.2) is 4.32 Å². The van der Waals surface area contributed by atoms with Gasteiger partial charge in [0.25, 0.3) is 5.91 Å². The van der Waals surface area contributed by atoms with E-state index in [-0.39, 0.29) is 15.9 Å². The van der Waals surface area contributed by atoms with Gasteiger partial charge in [-0.1, -0.05) is 36.1 Å². The van der Waals surface area contributed by atoms with E-state index < -0.39 is 5.82 Å². The fourth-order valence-corrected chi connectivity index (χ4v) is 3.68. The number of nitrogens with zero attached hydrogens (tertiary/aromatic N) is 1. The minimum Gasteiger partial charge on any atom is -0.497 e. The lowest BCUT2D eigenvalue weighted by Crippen LogP contribution is -2.28. The third kappa shape index (κ3) is 3.38. The first kappa shape index (κ1) is 17.4. The van der Waals surface area contributed by atoms with Crippen LogP contribution in [0.25, 0.3) is 6.08 Å². The first-order valence-corrected chi connectivity index (χ1v) is 8.52. The summed E-state index contributed by atoms with van der Waals surface area (Å²) in [6.45, 7) is 0. The van der Waals surface area contributed by atoms with Gasteiger partial charge in [0.1, 0.15) is 17.3 Å². The highest BCUT2D eigenvalue weighted by molar-refractivity contribution is 8.27. The Morgan fingerprint density at radius 2 is 1.92 bits per heavy atom. The highest BCUT2D eigenvalue weighted by Gasteiger charge is 2.34. The normalized spacial score (nSPS) is 15.8. The lowest BCUT2D eigenvalue weighted by Gasteiger charge is -2.15. The number of carbonyl (C=O) groups is 1. The first-order chi connectivity index (χ1) is 12.0. The van der Waals surface area contributed by atoms with Crippen molar-refractivity contribution in [2.45, 2.75) is 0 Å². The Kier molecular flexibility index (Phi) is 5.06. The number of para-hydroxylation sites is 1. The summed E-state index contributed by atoms with van der Waals surface area (Å²) in [6, 6.07) is 11.3. The molecule has 1 aliphatic heterocycles. The van der Waals surface area contributed by atoms with Gasteiger partial charge in [-0.05, 0) is 36.4 Å². The molecule has 1 aliphatic rings. The summed E-state index contributed by atoms with van der Waals surface area (Å²) in [5.74, 6) is 0.359. The Bertz CT molecular complexity index is 882. The standard InChI is InChI=1S/C18H14FNO3S2/c1-22-12-7-8-15(23-2)11(9-12)10-16-17(21)20(18(24)25-16)14-6-4-3-5-13(14)19/h3-10H,1-2H3/b16-10-. The summed E-state index contributed by atoms with van der Waals surface area (Å²) in [4.78, 5) is 14.3. The van der Waals surface area contributed by atoms with E-state index in [1.165, 1.54) is 17.0 Å². The number of ether oxygens (including phenoxy) is 2. The van der Waals surface area contributed by atoms with Gasteiger partial charge in [-0.15, -0.1) is 0 Å². The number of amides is 1. The summed E-state index contributed by atoms with van der Waals surface area (Å²) in [5, 5.41) is 0. The van der Waals surface area contributed by atoms with Gasteiger partial charge in [-0.2, -0.15) is 0 Å². The van der Waals surface area contributed by atoms with Crippen LogP contribution in [0.4, 0.5) is 10.1 Å². The van der Waals surface area contributed by atoms with E-state index in [9.17, 15) is 9.18 Å². The van der Waals surface area contributed by atoms with Crippen LogP contribution in [-0.2, 0) is 4.79 Å². The number of halogens is 1. The van der Waals surface area contributed by atoms with E-state index in [2.05, 4.69) is 0 Å². The van der Waals surface area contributed by atoms with Crippen molar-refractivity contribution in [2.75, 3.05) is 19.1 Å². The van der Waals surface area contributed by atoms with E-state index in [1.807, 2.05) is 0 Å². The maximum Gasteiger partial charge on any atom is 0.270 e. The third-order valence-electron chi connectivity index (χ3n) is 3.61. The van der Waals surface area contributed by atoms with Crippen LogP contribution in [0.15, 0.2) is 47.4 Å². The zero-order valence-electron chi connectivity index (χ0n) is 13.5.